The lowest BCUT2D eigenvalue weighted by atomic mass is 9.99. The van der Waals surface area contributed by atoms with E-state index in [4.69, 9.17) is 17.2 Å². The number of unbranched alkanes of at least 4 members (excludes halogenated alkanes) is 1. The fourth-order valence-electron chi connectivity index (χ4n) is 12.0. The number of aliphatic hydroxyl groups is 1. The predicted molar refractivity (Wildman–Crippen MR) is 400 cm³/mol. The topological polar surface area (TPSA) is 479 Å². The highest BCUT2D eigenvalue weighted by Crippen LogP contribution is 2.22. The Bertz CT molecular complexity index is 3880. The van der Waals surface area contributed by atoms with Crippen LogP contribution < -0.4 is 75.7 Å². The van der Waals surface area contributed by atoms with Gasteiger partial charge >= 0.3 is 0 Å². The van der Waals surface area contributed by atoms with Crippen LogP contribution in [0.2, 0.25) is 0 Å². The number of aliphatic hydroxyl groups excluding tert-OH is 1. The van der Waals surface area contributed by atoms with Gasteiger partial charge in [0.1, 0.15) is 72.0 Å². The number of benzene rings is 4. The van der Waals surface area contributed by atoms with Crippen LogP contribution in [0, 0.1) is 11.7 Å². The average molecular weight is 1480 g/mol. The summed E-state index contributed by atoms with van der Waals surface area (Å²) in [5.74, 6) is -9.64. The zero-order valence-corrected chi connectivity index (χ0v) is 61.3. The van der Waals surface area contributed by atoms with Gasteiger partial charge in [-0.15, -0.1) is 0 Å². The largest absolute Gasteiger partial charge is 0.508 e. The molecule has 11 amide bonds. The zero-order chi connectivity index (χ0) is 78.1. The number of carbonyl (C=O) groups is 11. The van der Waals surface area contributed by atoms with Gasteiger partial charge in [-0.05, 0) is 141 Å². The zero-order valence-electron chi connectivity index (χ0n) is 61.3. The maximum absolute atomic E-state index is 15.1. The van der Waals surface area contributed by atoms with Crippen molar-refractivity contribution in [2.75, 3.05) is 39.3 Å². The lowest BCUT2D eigenvalue weighted by molar-refractivity contribution is -0.142. The number of likely N-dealkylation sites (tertiary alicyclic amines) is 1. The number of primary amides is 1. The van der Waals surface area contributed by atoms with Crippen LogP contribution in [0.15, 0.2) is 126 Å². The van der Waals surface area contributed by atoms with Crippen molar-refractivity contribution >= 4 is 87.7 Å². The minimum Gasteiger partial charge on any atom is -0.508 e. The van der Waals surface area contributed by atoms with Gasteiger partial charge in [0, 0.05) is 77.7 Å². The number of nitrogens with two attached hydrogens (primary N) is 3. The van der Waals surface area contributed by atoms with Gasteiger partial charge < -0.3 is 90.8 Å². The molecule has 5 aromatic rings. The fourth-order valence-corrected chi connectivity index (χ4v) is 12.0. The van der Waals surface area contributed by atoms with E-state index in [0.29, 0.717) is 54.1 Å². The molecule has 19 N–H and O–H groups in total. The van der Waals surface area contributed by atoms with Crippen LogP contribution in [0.4, 0.5) is 4.39 Å². The molecule has 1 aliphatic heterocycles. The molecular formula is C75H103FN18O13. The quantitative estimate of drug-likeness (QED) is 0.0140. The Morgan fingerprint density at radius 1 is 0.551 bits per heavy atom. The van der Waals surface area contributed by atoms with Crippen molar-refractivity contribution in [2.45, 2.75) is 179 Å². The van der Waals surface area contributed by atoms with Gasteiger partial charge in [0.05, 0.1) is 6.61 Å². The van der Waals surface area contributed by atoms with Crippen molar-refractivity contribution < 1.29 is 67.3 Å². The number of rotatable bonds is 41. The molecule has 0 saturated carbocycles. The second-order valence-electron chi connectivity index (χ2n) is 26.7. The number of nitrogens with one attached hydrogen (secondary N) is 11. The summed E-state index contributed by atoms with van der Waals surface area (Å²) in [4.78, 5) is 170. The van der Waals surface area contributed by atoms with E-state index in [9.17, 15) is 57.8 Å². The Morgan fingerprint density at radius 2 is 1.05 bits per heavy atom. The van der Waals surface area contributed by atoms with Crippen LogP contribution in [-0.4, -0.2) is 197 Å². The maximum Gasteiger partial charge on any atom is 0.245 e. The third-order valence-electron chi connectivity index (χ3n) is 17.6. The van der Waals surface area contributed by atoms with Crippen LogP contribution >= 0.6 is 0 Å². The summed E-state index contributed by atoms with van der Waals surface area (Å²) in [5.41, 5.74) is 18.5. The standard InChI is InChI=1S/C75H103FN18O13/c1-7-81-75(82-8-2)84-33-12-11-19-55(65(99)89-57(36-44(3)4)66(100)88-56(20-14-34-83-74(78)79)73(107)94-35-15-21-63(94)72(106)85-45(5)64(77)98)87-68(102)59(39-48-25-30-54(97)31-26-48)92-71(105)62(43-95)93-70(104)61(41-50-16-13-32-80-42-50)91-69(103)60(38-47-23-28-53(76)29-24-47)90-67(101)58(86-46(6)96)40-49-22-27-51-17-9-10-18-52(51)37-49/h9-10,13,16-18,22-32,37,42,44-45,55-63,95,97H,7-8,11-12,14-15,19-21,33-36,38-41,43H2,1-6H3,(H2,77,98)(H,85,106)(H,86,96)(H,87,102)(H,88,100)(H,89,99)(H,90,101)(H,91,103)(H,92,105)(H,93,104)(H4,78,79,83)(H2,81,82,84)/t45-,55-,56+,57+,58-,59+,60-,61-,62+,63+/m1/s1. The summed E-state index contributed by atoms with van der Waals surface area (Å²) >= 11 is 0. The van der Waals surface area contributed by atoms with Crippen LogP contribution in [-0.2, 0) is 78.4 Å². The Kier molecular flexibility index (Phi) is 34.2. The van der Waals surface area contributed by atoms with E-state index in [-0.39, 0.29) is 101 Å². The fraction of sp³-hybridized carbons (Fsp3) is 0.467. The maximum atomic E-state index is 15.1. The number of hydrogen-bond donors (Lipinski definition) is 16. The molecule has 10 atom stereocenters. The van der Waals surface area contributed by atoms with E-state index >= 15 is 9.59 Å². The van der Waals surface area contributed by atoms with Crippen molar-refractivity contribution in [3.63, 3.8) is 0 Å². The number of aromatic hydroxyl groups is 1. The van der Waals surface area contributed by atoms with Crippen LogP contribution in [0.5, 0.6) is 5.75 Å². The number of guanidine groups is 2. The first kappa shape index (κ1) is 84.6. The third kappa shape index (κ3) is 28.3. The second-order valence-corrected chi connectivity index (χ2v) is 26.7. The summed E-state index contributed by atoms with van der Waals surface area (Å²) in [7, 11) is 0. The first-order valence-corrected chi connectivity index (χ1v) is 36.0. The molecule has 0 bridgehead atoms. The van der Waals surface area contributed by atoms with Gasteiger partial charge in [0.25, 0.3) is 0 Å². The van der Waals surface area contributed by atoms with E-state index < -0.39 is 138 Å². The third-order valence-corrected chi connectivity index (χ3v) is 17.6. The number of phenolic OH excluding ortho intramolecular Hbond substituents is 1. The van der Waals surface area contributed by atoms with Crippen molar-refractivity contribution in [2.24, 2.45) is 33.1 Å². The Balaban J connectivity index is 1.28. The molecule has 1 aliphatic rings. The number of aliphatic imine (C=N–C) groups is 2. The predicted octanol–water partition coefficient (Wildman–Crippen LogP) is 0.0667. The molecule has 1 fully saturated rings. The van der Waals surface area contributed by atoms with Crippen molar-refractivity contribution in [1.82, 2.24) is 68.4 Å². The molecule has 6 rings (SSSR count). The molecule has 1 saturated heterocycles. The van der Waals surface area contributed by atoms with Crippen molar-refractivity contribution in [3.05, 3.63) is 144 Å². The summed E-state index contributed by atoms with van der Waals surface area (Å²) in [6, 6.07) is 13.2. The number of phenols is 1. The van der Waals surface area contributed by atoms with E-state index in [1.54, 1.807) is 26.0 Å². The number of hydrogen-bond acceptors (Lipinski definition) is 16. The Hall–Kier alpha value is -11.3. The molecule has 4 aromatic carbocycles. The highest BCUT2D eigenvalue weighted by molar-refractivity contribution is 5.99. The van der Waals surface area contributed by atoms with Crippen LogP contribution in [0.3, 0.4) is 0 Å². The molecule has 32 heteroatoms. The van der Waals surface area contributed by atoms with Gasteiger partial charge in [-0.25, -0.2) is 4.39 Å². The average Bonchev–Trinajstić information content (AvgIpc) is 1.77. The molecule has 0 unspecified atom stereocenters. The van der Waals surface area contributed by atoms with Crippen LogP contribution in [0.25, 0.3) is 10.8 Å². The van der Waals surface area contributed by atoms with Gasteiger partial charge in [0.2, 0.25) is 65.0 Å². The first-order valence-electron chi connectivity index (χ1n) is 36.0. The van der Waals surface area contributed by atoms with Crippen molar-refractivity contribution in [1.29, 1.82) is 0 Å². The highest BCUT2D eigenvalue weighted by atomic mass is 19.1. The molecule has 31 nitrogen and oxygen atoms in total. The number of fused-ring (bicyclic) bond motifs is 1. The number of aromatic nitrogens is 1. The summed E-state index contributed by atoms with van der Waals surface area (Å²) in [6.45, 7) is 10.6. The van der Waals surface area contributed by atoms with E-state index in [0.717, 1.165) is 22.9 Å². The molecule has 0 radical (unpaired) electrons. The summed E-state index contributed by atoms with van der Waals surface area (Å²) in [5, 5.41) is 53.5. The molecule has 0 aliphatic carbocycles. The van der Waals surface area contributed by atoms with Crippen LogP contribution in [0.1, 0.15) is 115 Å². The van der Waals surface area contributed by atoms with Gasteiger partial charge in [0.15, 0.2) is 11.9 Å². The summed E-state index contributed by atoms with van der Waals surface area (Å²) in [6.07, 6.45) is 3.51. The van der Waals surface area contributed by atoms with E-state index in [2.05, 4.69) is 73.5 Å². The molecular weight excluding hydrogens is 1380 g/mol. The molecule has 1 aromatic heterocycles. The number of halogens is 1. The molecule has 2 heterocycles. The minimum atomic E-state index is -1.85. The molecule has 0 spiro atoms. The normalized spacial score (nSPS) is 15.0. The van der Waals surface area contributed by atoms with E-state index in [1.807, 2.05) is 56.3 Å². The number of pyridine rings is 1. The Morgan fingerprint density at radius 3 is 1.61 bits per heavy atom. The second kappa shape index (κ2) is 43.2. The number of amides is 11. The van der Waals surface area contributed by atoms with E-state index in [1.165, 1.54) is 67.5 Å². The van der Waals surface area contributed by atoms with Gasteiger partial charge in [-0.2, -0.15) is 0 Å². The smallest absolute Gasteiger partial charge is 0.245 e. The number of nitrogens with zero attached hydrogens (tertiary/aromatic N) is 4. The van der Waals surface area contributed by atoms with Gasteiger partial charge in [-0.3, -0.25) is 67.7 Å². The highest BCUT2D eigenvalue weighted by Gasteiger charge is 2.40. The summed E-state index contributed by atoms with van der Waals surface area (Å²) < 4.78 is 14.3. The van der Waals surface area contributed by atoms with Gasteiger partial charge in [-0.1, -0.05) is 86.6 Å². The lowest BCUT2D eigenvalue weighted by Crippen LogP contribution is -2.61. The monoisotopic (exact) mass is 1480 g/mol. The van der Waals surface area contributed by atoms with Crippen molar-refractivity contribution in [3.8, 4) is 5.75 Å². The Labute approximate surface area is 621 Å². The number of carbonyl (C=O) groups excluding carboxylic acids is 11. The molecule has 107 heavy (non-hydrogen) atoms. The lowest BCUT2D eigenvalue weighted by Gasteiger charge is -2.31. The molecule has 578 valence electrons. The first-order chi connectivity index (χ1) is 51.1. The SMILES string of the molecule is CCNC(=NCCCC[C@@H](NC(=O)[C@H](Cc1ccc(O)cc1)NC(=O)[C@H](CO)NC(=O)[C@@H](Cc1cccnc1)NC(=O)[C@@H](Cc1ccc(F)cc1)NC(=O)[C@@H](Cc1ccc2ccccc2c1)NC(C)=O)C(=O)N[C@@H](CC(C)C)C(=O)N[C@@H](CCCN=C(N)N)C(=O)N1CCC[C@H]1C(=O)N[C@H](C)C(N)=O)NCC. The minimum absolute atomic E-state index is 0.00244.